The van der Waals surface area contributed by atoms with E-state index in [0.29, 0.717) is 30.3 Å². The van der Waals surface area contributed by atoms with Gasteiger partial charge in [0.2, 0.25) is 0 Å². The molecule has 0 saturated heterocycles. The van der Waals surface area contributed by atoms with E-state index in [9.17, 15) is 4.79 Å². The van der Waals surface area contributed by atoms with E-state index >= 15 is 0 Å². The zero-order chi connectivity index (χ0) is 16.8. The zero-order valence-electron chi connectivity index (χ0n) is 13.1. The maximum absolute atomic E-state index is 11.5. The van der Waals surface area contributed by atoms with Crippen LogP contribution < -0.4 is 9.47 Å². The first kappa shape index (κ1) is 15.7. The summed E-state index contributed by atoms with van der Waals surface area (Å²) >= 11 is 0. The van der Waals surface area contributed by atoms with Crippen LogP contribution in [0.2, 0.25) is 0 Å². The van der Waals surface area contributed by atoms with Gasteiger partial charge in [0.15, 0.2) is 5.78 Å². The minimum atomic E-state index is -0.0272. The minimum Gasteiger partial charge on any atom is -0.490 e. The van der Waals surface area contributed by atoms with Crippen LogP contribution in [0.3, 0.4) is 0 Å². The van der Waals surface area contributed by atoms with E-state index in [0.717, 1.165) is 5.69 Å². The summed E-state index contributed by atoms with van der Waals surface area (Å²) in [5, 5.41) is 11.0. The molecule has 0 spiro atoms. The highest BCUT2D eigenvalue weighted by atomic mass is 16.5. The molecule has 1 aromatic heterocycles. The number of hydrogen-bond acceptors (Lipinski definition) is 6. The van der Waals surface area contributed by atoms with Gasteiger partial charge in [-0.3, -0.25) is 4.79 Å². The van der Waals surface area contributed by atoms with Crippen LogP contribution in [0.1, 0.15) is 17.3 Å². The SMILES string of the molecule is CC(=O)c1ccccc1OCCOc1cccc(-n2cnnn2)c1. The van der Waals surface area contributed by atoms with Crippen LogP contribution >= 0.6 is 0 Å². The number of aromatic nitrogens is 4. The monoisotopic (exact) mass is 324 g/mol. The molecular formula is C17H16N4O3. The van der Waals surface area contributed by atoms with Gasteiger partial charge in [0.25, 0.3) is 0 Å². The van der Waals surface area contributed by atoms with Crippen molar-refractivity contribution in [1.82, 2.24) is 20.2 Å². The molecule has 0 fully saturated rings. The van der Waals surface area contributed by atoms with Crippen molar-refractivity contribution in [3.8, 4) is 17.2 Å². The molecule has 122 valence electrons. The predicted octanol–water partition coefficient (Wildman–Crippen LogP) is 2.32. The molecule has 0 radical (unpaired) electrons. The number of ether oxygens (including phenoxy) is 2. The molecule has 3 rings (SSSR count). The van der Waals surface area contributed by atoms with Crippen LogP contribution in [0.15, 0.2) is 54.9 Å². The van der Waals surface area contributed by atoms with Gasteiger partial charge in [-0.1, -0.05) is 18.2 Å². The number of nitrogens with zero attached hydrogens (tertiary/aromatic N) is 4. The number of benzene rings is 2. The molecule has 0 aliphatic heterocycles. The fourth-order valence-corrected chi connectivity index (χ4v) is 2.19. The Hall–Kier alpha value is -3.22. The standard InChI is InChI=1S/C17H16N4O3/c1-13(22)16-7-2-3-8-17(16)24-10-9-23-15-6-4-5-14(11-15)21-12-18-19-20-21/h2-8,11-12H,9-10H2,1H3. The first-order valence-electron chi connectivity index (χ1n) is 7.43. The molecule has 0 atom stereocenters. The lowest BCUT2D eigenvalue weighted by Gasteiger charge is -2.11. The van der Waals surface area contributed by atoms with E-state index in [1.54, 1.807) is 16.8 Å². The first-order valence-corrected chi connectivity index (χ1v) is 7.43. The third-order valence-electron chi connectivity index (χ3n) is 3.31. The summed E-state index contributed by atoms with van der Waals surface area (Å²) in [6.07, 6.45) is 1.51. The highest BCUT2D eigenvalue weighted by Gasteiger charge is 2.07. The number of carbonyl (C=O) groups excluding carboxylic acids is 1. The van der Waals surface area contributed by atoms with Crippen LogP contribution in [0, 0.1) is 0 Å². The van der Waals surface area contributed by atoms with Gasteiger partial charge >= 0.3 is 0 Å². The molecule has 0 amide bonds. The number of hydrogen-bond donors (Lipinski definition) is 0. The Morgan fingerprint density at radius 1 is 1.08 bits per heavy atom. The molecule has 0 aliphatic carbocycles. The molecule has 0 unspecified atom stereocenters. The van der Waals surface area contributed by atoms with E-state index in [1.807, 2.05) is 36.4 Å². The van der Waals surface area contributed by atoms with Crippen molar-refractivity contribution >= 4 is 5.78 Å². The number of carbonyl (C=O) groups is 1. The second-order valence-corrected chi connectivity index (χ2v) is 5.00. The lowest BCUT2D eigenvalue weighted by Crippen LogP contribution is -2.11. The smallest absolute Gasteiger partial charge is 0.163 e. The van der Waals surface area contributed by atoms with Gasteiger partial charge < -0.3 is 9.47 Å². The molecule has 7 heteroatoms. The third kappa shape index (κ3) is 3.75. The molecule has 0 N–H and O–H groups in total. The topological polar surface area (TPSA) is 79.1 Å². The number of rotatable bonds is 7. The van der Waals surface area contributed by atoms with Gasteiger partial charge in [0.1, 0.15) is 31.0 Å². The largest absolute Gasteiger partial charge is 0.490 e. The van der Waals surface area contributed by atoms with E-state index in [4.69, 9.17) is 9.47 Å². The maximum atomic E-state index is 11.5. The van der Waals surface area contributed by atoms with Gasteiger partial charge in [-0.05, 0) is 41.6 Å². The van der Waals surface area contributed by atoms with Crippen molar-refractivity contribution in [3.05, 3.63) is 60.4 Å². The number of tetrazole rings is 1. The Bertz CT molecular complexity index is 818. The molecule has 2 aromatic carbocycles. The van der Waals surface area contributed by atoms with Crippen molar-refractivity contribution in [3.63, 3.8) is 0 Å². The van der Waals surface area contributed by atoms with Crippen molar-refractivity contribution in [1.29, 1.82) is 0 Å². The van der Waals surface area contributed by atoms with Gasteiger partial charge in [-0.15, -0.1) is 5.10 Å². The lowest BCUT2D eigenvalue weighted by molar-refractivity contribution is 0.101. The number of ketones is 1. The highest BCUT2D eigenvalue weighted by molar-refractivity contribution is 5.96. The fraction of sp³-hybridized carbons (Fsp3) is 0.176. The first-order chi connectivity index (χ1) is 11.7. The molecular weight excluding hydrogens is 308 g/mol. The minimum absolute atomic E-state index is 0.0272. The van der Waals surface area contributed by atoms with Crippen LogP contribution in [0.4, 0.5) is 0 Å². The van der Waals surface area contributed by atoms with Crippen LogP contribution in [-0.4, -0.2) is 39.2 Å². The van der Waals surface area contributed by atoms with Gasteiger partial charge in [-0.25, -0.2) is 4.68 Å². The van der Waals surface area contributed by atoms with Gasteiger partial charge in [0.05, 0.1) is 11.3 Å². The average molecular weight is 324 g/mol. The Morgan fingerprint density at radius 3 is 2.71 bits per heavy atom. The second kappa shape index (κ2) is 7.36. The summed E-state index contributed by atoms with van der Waals surface area (Å²) in [5.41, 5.74) is 1.37. The second-order valence-electron chi connectivity index (χ2n) is 5.00. The summed E-state index contributed by atoms with van der Waals surface area (Å²) in [7, 11) is 0. The van der Waals surface area contributed by atoms with Crippen molar-refractivity contribution in [2.45, 2.75) is 6.92 Å². The molecule has 0 aliphatic rings. The van der Waals surface area contributed by atoms with E-state index in [-0.39, 0.29) is 5.78 Å². The van der Waals surface area contributed by atoms with Crippen molar-refractivity contribution < 1.29 is 14.3 Å². The summed E-state index contributed by atoms with van der Waals surface area (Å²) in [4.78, 5) is 11.5. The molecule has 0 bridgehead atoms. The Balaban J connectivity index is 1.56. The lowest BCUT2D eigenvalue weighted by atomic mass is 10.1. The number of para-hydroxylation sites is 1. The Labute approximate surface area is 138 Å². The maximum Gasteiger partial charge on any atom is 0.163 e. The zero-order valence-corrected chi connectivity index (χ0v) is 13.1. The Morgan fingerprint density at radius 2 is 1.92 bits per heavy atom. The molecule has 3 aromatic rings. The quantitative estimate of drug-likeness (QED) is 0.490. The summed E-state index contributed by atoms with van der Waals surface area (Å²) in [6.45, 7) is 2.20. The molecule has 0 saturated carbocycles. The summed E-state index contributed by atoms with van der Waals surface area (Å²) in [6, 6.07) is 14.6. The third-order valence-corrected chi connectivity index (χ3v) is 3.31. The summed E-state index contributed by atoms with van der Waals surface area (Å²) < 4.78 is 12.9. The van der Waals surface area contributed by atoms with Crippen molar-refractivity contribution in [2.75, 3.05) is 13.2 Å². The molecule has 7 nitrogen and oxygen atoms in total. The highest BCUT2D eigenvalue weighted by Crippen LogP contribution is 2.19. The average Bonchev–Trinajstić information content (AvgIpc) is 3.14. The summed E-state index contributed by atoms with van der Waals surface area (Å²) in [5.74, 6) is 1.23. The van der Waals surface area contributed by atoms with E-state index in [2.05, 4.69) is 15.5 Å². The van der Waals surface area contributed by atoms with Crippen molar-refractivity contribution in [2.24, 2.45) is 0 Å². The van der Waals surface area contributed by atoms with Crippen LogP contribution in [0.25, 0.3) is 5.69 Å². The fourth-order valence-electron chi connectivity index (χ4n) is 2.19. The molecule has 24 heavy (non-hydrogen) atoms. The van der Waals surface area contributed by atoms with E-state index < -0.39 is 0 Å². The van der Waals surface area contributed by atoms with Crippen LogP contribution in [-0.2, 0) is 0 Å². The van der Waals surface area contributed by atoms with Gasteiger partial charge in [-0.2, -0.15) is 0 Å². The molecule has 1 heterocycles. The normalized spacial score (nSPS) is 10.4. The van der Waals surface area contributed by atoms with E-state index in [1.165, 1.54) is 13.3 Å². The Kier molecular flexibility index (Phi) is 4.81. The van der Waals surface area contributed by atoms with Gasteiger partial charge in [0, 0.05) is 6.07 Å². The number of Topliss-reactive ketones (excluding diaryl/α,β-unsaturated/α-hetero) is 1. The predicted molar refractivity (Wildman–Crippen MR) is 86.6 cm³/mol. The van der Waals surface area contributed by atoms with Crippen LogP contribution in [0.5, 0.6) is 11.5 Å².